The molecule has 16 heavy (non-hydrogen) atoms. The minimum atomic E-state index is 0.154. The first kappa shape index (κ1) is 10.7. The highest BCUT2D eigenvalue weighted by Gasteiger charge is 2.33. The molecule has 1 aromatic carbocycles. The van der Waals surface area contributed by atoms with E-state index in [1.165, 1.54) is 0 Å². The average Bonchev–Trinajstić information content (AvgIpc) is 2.23. The van der Waals surface area contributed by atoms with Gasteiger partial charge in [0, 0.05) is 5.92 Å². The van der Waals surface area contributed by atoms with E-state index in [1.54, 1.807) is 31.2 Å². The van der Waals surface area contributed by atoms with Crippen LogP contribution in [0.2, 0.25) is 0 Å². The molecule has 0 radical (unpaired) electrons. The summed E-state index contributed by atoms with van der Waals surface area (Å²) in [5, 5.41) is 8.64. The summed E-state index contributed by atoms with van der Waals surface area (Å²) >= 11 is 0. The predicted molar refractivity (Wildman–Crippen MR) is 59.0 cm³/mol. The van der Waals surface area contributed by atoms with Crippen LogP contribution in [0.3, 0.4) is 0 Å². The van der Waals surface area contributed by atoms with E-state index < -0.39 is 0 Å². The second-order valence-electron chi connectivity index (χ2n) is 4.16. The number of carbonyl (C=O) groups is 1. The van der Waals surface area contributed by atoms with Crippen molar-refractivity contribution in [2.75, 3.05) is 0 Å². The molecular weight excluding hydrogens is 202 g/mol. The summed E-state index contributed by atoms with van der Waals surface area (Å²) in [5.74, 6) is 1.20. The number of hydrogen-bond acceptors (Lipinski definition) is 3. The van der Waals surface area contributed by atoms with Crippen LogP contribution < -0.4 is 4.74 Å². The number of nitriles is 1. The Balaban J connectivity index is 1.87. The third kappa shape index (κ3) is 2.22. The number of Topliss-reactive ketones (excluding diaryl/α,β-unsaturated/α-hetero) is 1. The van der Waals surface area contributed by atoms with Crippen LogP contribution in [-0.2, 0) is 4.79 Å². The lowest BCUT2D eigenvalue weighted by Crippen LogP contribution is -2.37. The van der Waals surface area contributed by atoms with E-state index in [9.17, 15) is 4.79 Å². The van der Waals surface area contributed by atoms with Gasteiger partial charge in [-0.2, -0.15) is 5.26 Å². The molecule has 0 unspecified atom stereocenters. The Labute approximate surface area is 94.6 Å². The van der Waals surface area contributed by atoms with Gasteiger partial charge in [-0.1, -0.05) is 0 Å². The Morgan fingerprint density at radius 2 is 2.00 bits per heavy atom. The fourth-order valence-corrected chi connectivity index (χ4v) is 1.79. The zero-order chi connectivity index (χ0) is 11.5. The molecule has 1 aliphatic carbocycles. The molecule has 0 atom stereocenters. The molecule has 1 aromatic rings. The Hall–Kier alpha value is -1.82. The highest BCUT2D eigenvalue weighted by atomic mass is 16.5. The van der Waals surface area contributed by atoms with Crippen molar-refractivity contribution >= 4 is 5.78 Å². The van der Waals surface area contributed by atoms with Crippen LogP contribution in [0.1, 0.15) is 25.3 Å². The van der Waals surface area contributed by atoms with Crippen LogP contribution in [0.4, 0.5) is 0 Å². The third-order valence-corrected chi connectivity index (χ3v) is 2.96. The van der Waals surface area contributed by atoms with E-state index in [0.29, 0.717) is 5.56 Å². The SMILES string of the molecule is CC(=O)[C@H]1C[C@@H](Oc2ccc(C#N)cc2)C1. The van der Waals surface area contributed by atoms with Gasteiger partial charge in [-0.15, -0.1) is 0 Å². The molecule has 82 valence electrons. The summed E-state index contributed by atoms with van der Waals surface area (Å²) < 4.78 is 5.67. The molecule has 1 fully saturated rings. The maximum Gasteiger partial charge on any atom is 0.133 e. The van der Waals surface area contributed by atoms with Crippen LogP contribution in [0.15, 0.2) is 24.3 Å². The molecule has 2 rings (SSSR count). The number of carbonyl (C=O) groups excluding carboxylic acids is 1. The Kier molecular flexibility index (Phi) is 2.91. The molecule has 0 bridgehead atoms. The van der Waals surface area contributed by atoms with Gasteiger partial charge in [-0.05, 0) is 44.0 Å². The molecule has 0 spiro atoms. The lowest BCUT2D eigenvalue weighted by molar-refractivity contribution is -0.126. The summed E-state index contributed by atoms with van der Waals surface area (Å²) in [6.07, 6.45) is 1.78. The van der Waals surface area contributed by atoms with E-state index in [2.05, 4.69) is 6.07 Å². The average molecular weight is 215 g/mol. The molecular formula is C13H13NO2. The monoisotopic (exact) mass is 215 g/mol. The van der Waals surface area contributed by atoms with E-state index >= 15 is 0 Å². The minimum Gasteiger partial charge on any atom is -0.490 e. The third-order valence-electron chi connectivity index (χ3n) is 2.96. The van der Waals surface area contributed by atoms with Gasteiger partial charge >= 0.3 is 0 Å². The van der Waals surface area contributed by atoms with Gasteiger partial charge in [0.05, 0.1) is 11.6 Å². The van der Waals surface area contributed by atoms with Gasteiger partial charge < -0.3 is 4.74 Å². The Morgan fingerprint density at radius 3 is 2.50 bits per heavy atom. The second kappa shape index (κ2) is 4.36. The van der Waals surface area contributed by atoms with Gasteiger partial charge in [0.2, 0.25) is 0 Å². The highest BCUT2D eigenvalue weighted by molar-refractivity contribution is 5.79. The quantitative estimate of drug-likeness (QED) is 0.777. The van der Waals surface area contributed by atoms with Crippen LogP contribution in [-0.4, -0.2) is 11.9 Å². The van der Waals surface area contributed by atoms with Crippen molar-refractivity contribution in [1.82, 2.24) is 0 Å². The van der Waals surface area contributed by atoms with Crippen LogP contribution >= 0.6 is 0 Å². The largest absolute Gasteiger partial charge is 0.490 e. The fraction of sp³-hybridized carbons (Fsp3) is 0.385. The number of rotatable bonds is 3. The first-order valence-electron chi connectivity index (χ1n) is 5.36. The molecule has 0 amide bonds. The lowest BCUT2D eigenvalue weighted by Gasteiger charge is -2.33. The molecule has 0 saturated heterocycles. The van der Waals surface area contributed by atoms with E-state index in [4.69, 9.17) is 10.00 Å². The Bertz CT molecular complexity index is 424. The summed E-state index contributed by atoms with van der Waals surface area (Å²) in [4.78, 5) is 11.0. The van der Waals surface area contributed by atoms with Crippen molar-refractivity contribution < 1.29 is 9.53 Å². The number of ether oxygens (including phenoxy) is 1. The van der Waals surface area contributed by atoms with Gasteiger partial charge in [0.15, 0.2) is 0 Å². The second-order valence-corrected chi connectivity index (χ2v) is 4.16. The molecule has 0 N–H and O–H groups in total. The van der Waals surface area contributed by atoms with Gasteiger partial charge in [-0.3, -0.25) is 4.79 Å². The lowest BCUT2D eigenvalue weighted by atomic mass is 9.80. The standard InChI is InChI=1S/C13H13NO2/c1-9(15)11-6-13(7-11)16-12-4-2-10(8-14)3-5-12/h2-5,11,13H,6-7H2,1H3/t11-,13+. The van der Waals surface area contributed by atoms with Crippen molar-refractivity contribution in [2.45, 2.75) is 25.9 Å². The van der Waals surface area contributed by atoms with E-state index in [0.717, 1.165) is 18.6 Å². The zero-order valence-corrected chi connectivity index (χ0v) is 9.14. The number of ketones is 1. The van der Waals surface area contributed by atoms with Crippen LogP contribution in [0.25, 0.3) is 0 Å². The molecule has 0 aliphatic heterocycles. The smallest absolute Gasteiger partial charge is 0.133 e. The molecule has 3 nitrogen and oxygen atoms in total. The summed E-state index contributed by atoms with van der Waals surface area (Å²) in [7, 11) is 0. The summed E-state index contributed by atoms with van der Waals surface area (Å²) in [6, 6.07) is 9.11. The van der Waals surface area contributed by atoms with Crippen molar-refractivity contribution in [3.63, 3.8) is 0 Å². The fourth-order valence-electron chi connectivity index (χ4n) is 1.79. The van der Waals surface area contributed by atoms with Crippen LogP contribution in [0.5, 0.6) is 5.75 Å². The van der Waals surface area contributed by atoms with E-state index in [1.807, 2.05) is 0 Å². The van der Waals surface area contributed by atoms with Gasteiger partial charge in [-0.25, -0.2) is 0 Å². The zero-order valence-electron chi connectivity index (χ0n) is 9.14. The maximum absolute atomic E-state index is 11.0. The van der Waals surface area contributed by atoms with Gasteiger partial charge in [0.25, 0.3) is 0 Å². The number of benzene rings is 1. The first-order valence-corrected chi connectivity index (χ1v) is 5.36. The topological polar surface area (TPSA) is 50.1 Å². The molecule has 0 aromatic heterocycles. The number of nitrogens with zero attached hydrogens (tertiary/aromatic N) is 1. The Morgan fingerprint density at radius 1 is 1.38 bits per heavy atom. The van der Waals surface area contributed by atoms with E-state index in [-0.39, 0.29) is 17.8 Å². The molecule has 1 aliphatic rings. The van der Waals surface area contributed by atoms with Crippen molar-refractivity contribution in [3.8, 4) is 11.8 Å². The number of hydrogen-bond donors (Lipinski definition) is 0. The predicted octanol–water partition coefficient (Wildman–Crippen LogP) is 2.30. The van der Waals surface area contributed by atoms with Crippen LogP contribution in [0, 0.1) is 17.2 Å². The molecule has 1 saturated carbocycles. The molecule has 3 heteroatoms. The minimum absolute atomic E-state index is 0.154. The highest BCUT2D eigenvalue weighted by Crippen LogP contribution is 2.31. The summed E-state index contributed by atoms with van der Waals surface area (Å²) in [6.45, 7) is 1.63. The normalized spacial score (nSPS) is 23.0. The van der Waals surface area contributed by atoms with Crippen molar-refractivity contribution in [2.24, 2.45) is 5.92 Å². The van der Waals surface area contributed by atoms with Gasteiger partial charge in [0.1, 0.15) is 17.6 Å². The first-order chi connectivity index (χ1) is 7.69. The van der Waals surface area contributed by atoms with Crippen molar-refractivity contribution in [3.05, 3.63) is 29.8 Å². The van der Waals surface area contributed by atoms with Crippen molar-refractivity contribution in [1.29, 1.82) is 5.26 Å². The molecule has 0 heterocycles. The maximum atomic E-state index is 11.0. The summed E-state index contributed by atoms with van der Waals surface area (Å²) in [5.41, 5.74) is 0.627.